The number of unbranched alkanes of at least 4 members (excludes halogenated alkanes) is 2. The Morgan fingerprint density at radius 2 is 0.943 bits per heavy atom. The van der Waals surface area contributed by atoms with Crippen LogP contribution in [0.5, 0.6) is 0 Å². The molecule has 4 heteroatoms. The molecule has 35 heavy (non-hydrogen) atoms. The summed E-state index contributed by atoms with van der Waals surface area (Å²) in [6.07, 6.45) is 22.4. The quantitative estimate of drug-likeness (QED) is 0.117. The third-order valence-electron chi connectivity index (χ3n) is 6.43. The fourth-order valence-electron chi connectivity index (χ4n) is 3.93. The molecule has 0 saturated heterocycles. The van der Waals surface area contributed by atoms with Gasteiger partial charge in [-0.05, 0) is 112 Å². The predicted octanol–water partition coefficient (Wildman–Crippen LogP) is 2.60. The van der Waals surface area contributed by atoms with E-state index in [0.29, 0.717) is 0 Å². The minimum atomic E-state index is 0. The second kappa shape index (κ2) is 26.9. The molecule has 0 aliphatic carbocycles. The molecule has 0 unspecified atom stereocenters. The average molecular weight is 471 g/mol. The second-order valence-electron chi connectivity index (χ2n) is 10.2. The van der Waals surface area contributed by atoms with Crippen molar-refractivity contribution in [2.75, 3.05) is 40.3 Å². The van der Waals surface area contributed by atoms with E-state index in [4.69, 9.17) is 0 Å². The third kappa shape index (κ3) is 26.7. The molecule has 0 rings (SSSR count). The molecule has 192 valence electrons. The first kappa shape index (κ1) is 39.3. The van der Waals surface area contributed by atoms with Gasteiger partial charge < -0.3 is 9.80 Å². The molecule has 0 aliphatic heterocycles. The zero-order valence-corrected chi connectivity index (χ0v) is 25.2. The molecule has 0 heterocycles. The van der Waals surface area contributed by atoms with Crippen molar-refractivity contribution in [2.24, 2.45) is 0 Å². The standard InChI is InChI=1S/C31H56N2.2Li/c1-9-28(3)20-15-22-30(5)18-11-13-25-33(27-17-24-32(7)8)26-14-12-19-31(6)23-16-21-29(4)10-2;;/h9-10,22-23H,1-2,11-21,24-27H2,3-8H3;;/q-2;2*+1/b28-9+,29-10+,30-22+,31-23+;;. The van der Waals surface area contributed by atoms with Gasteiger partial charge in [-0.15, -0.1) is 13.8 Å². The van der Waals surface area contributed by atoms with Gasteiger partial charge in [0.05, 0.1) is 0 Å². The Labute approximate surface area is 245 Å². The molecule has 0 aromatic carbocycles. The summed E-state index contributed by atoms with van der Waals surface area (Å²) in [6, 6.07) is 0. The van der Waals surface area contributed by atoms with Crippen LogP contribution in [-0.2, 0) is 0 Å². The number of rotatable bonds is 20. The summed E-state index contributed by atoms with van der Waals surface area (Å²) in [5, 5.41) is 0. The summed E-state index contributed by atoms with van der Waals surface area (Å²) in [6.45, 7) is 21.5. The van der Waals surface area contributed by atoms with Crippen molar-refractivity contribution in [1.29, 1.82) is 0 Å². The van der Waals surface area contributed by atoms with Crippen LogP contribution in [0, 0.1) is 13.8 Å². The Morgan fingerprint density at radius 1 is 0.543 bits per heavy atom. The third-order valence-corrected chi connectivity index (χ3v) is 6.43. The predicted molar refractivity (Wildman–Crippen MR) is 152 cm³/mol. The van der Waals surface area contributed by atoms with E-state index in [1.54, 1.807) is 11.1 Å². The molecule has 0 bridgehead atoms. The van der Waals surface area contributed by atoms with Gasteiger partial charge in [-0.2, -0.15) is 0 Å². The Morgan fingerprint density at radius 3 is 1.31 bits per heavy atom. The first-order valence-corrected chi connectivity index (χ1v) is 13.4. The smallest absolute Gasteiger partial charge is 0.309 e. The van der Waals surface area contributed by atoms with Crippen LogP contribution in [0.15, 0.2) is 46.6 Å². The number of hydrogen-bond acceptors (Lipinski definition) is 2. The Hall–Kier alpha value is -0.185. The second-order valence-corrected chi connectivity index (χ2v) is 10.2. The largest absolute Gasteiger partial charge is 1.00 e. The molecule has 0 fully saturated rings. The van der Waals surface area contributed by atoms with Gasteiger partial charge >= 0.3 is 37.7 Å². The van der Waals surface area contributed by atoms with Crippen LogP contribution < -0.4 is 37.7 Å². The van der Waals surface area contributed by atoms with Crippen molar-refractivity contribution >= 4 is 0 Å². The summed E-state index contributed by atoms with van der Waals surface area (Å²) in [5.41, 5.74) is 5.88. The van der Waals surface area contributed by atoms with Gasteiger partial charge in [-0.25, -0.2) is 37.1 Å². The van der Waals surface area contributed by atoms with E-state index in [9.17, 15) is 0 Å². The Kier molecular flexibility index (Phi) is 30.2. The van der Waals surface area contributed by atoms with Crippen molar-refractivity contribution in [3.63, 3.8) is 0 Å². The minimum absolute atomic E-state index is 0. The maximum Gasteiger partial charge on any atom is 1.00 e. The topological polar surface area (TPSA) is 6.48 Å². The molecule has 0 N–H and O–H groups in total. The molecular weight excluding hydrogens is 414 g/mol. The van der Waals surface area contributed by atoms with E-state index < -0.39 is 0 Å². The number of hydrogen-bond donors (Lipinski definition) is 0. The zero-order chi connectivity index (χ0) is 24.9. The van der Waals surface area contributed by atoms with Crippen molar-refractivity contribution in [2.45, 2.75) is 98.3 Å². The van der Waals surface area contributed by atoms with Crippen molar-refractivity contribution in [1.82, 2.24) is 9.80 Å². The summed E-state index contributed by atoms with van der Waals surface area (Å²) in [4.78, 5) is 5.02. The van der Waals surface area contributed by atoms with E-state index in [1.807, 2.05) is 12.2 Å². The van der Waals surface area contributed by atoms with Gasteiger partial charge in [-0.1, -0.05) is 36.1 Å². The van der Waals surface area contributed by atoms with Crippen molar-refractivity contribution in [3.05, 3.63) is 60.4 Å². The molecule has 0 spiro atoms. The van der Waals surface area contributed by atoms with Crippen molar-refractivity contribution < 1.29 is 37.7 Å². The summed E-state index contributed by atoms with van der Waals surface area (Å²) >= 11 is 0. The van der Waals surface area contributed by atoms with Crippen LogP contribution >= 0.6 is 0 Å². The summed E-state index contributed by atoms with van der Waals surface area (Å²) in [7, 11) is 4.36. The number of allylic oxidation sites excluding steroid dienone is 8. The van der Waals surface area contributed by atoms with E-state index in [0.717, 1.165) is 25.7 Å². The zero-order valence-electron chi connectivity index (χ0n) is 25.2. The van der Waals surface area contributed by atoms with Gasteiger partial charge in [0.25, 0.3) is 0 Å². The molecule has 2 nitrogen and oxygen atoms in total. The van der Waals surface area contributed by atoms with Crippen molar-refractivity contribution in [3.8, 4) is 0 Å². The summed E-state index contributed by atoms with van der Waals surface area (Å²) < 4.78 is 0. The van der Waals surface area contributed by atoms with Gasteiger partial charge in [0, 0.05) is 0 Å². The van der Waals surface area contributed by atoms with Crippen LogP contribution in [0.25, 0.3) is 0 Å². The van der Waals surface area contributed by atoms with Gasteiger partial charge in [0.2, 0.25) is 0 Å². The molecule has 0 aromatic heterocycles. The summed E-state index contributed by atoms with van der Waals surface area (Å²) in [5.74, 6) is 0. The maximum absolute atomic E-state index is 3.85. The van der Waals surface area contributed by atoms with Crippen LogP contribution in [0.4, 0.5) is 0 Å². The first-order valence-electron chi connectivity index (χ1n) is 13.4. The Balaban J connectivity index is -0.00000512. The average Bonchev–Trinajstić information content (AvgIpc) is 2.78. The van der Waals surface area contributed by atoms with Crippen LogP contribution in [0.2, 0.25) is 0 Å². The normalized spacial score (nSPS) is 13.3. The molecular formula is C31H56Li2N2. The molecule has 0 saturated carbocycles. The molecule has 0 amide bonds. The monoisotopic (exact) mass is 470 g/mol. The fraction of sp³-hybridized carbons (Fsp3) is 0.677. The fourth-order valence-corrected chi connectivity index (χ4v) is 3.93. The maximum atomic E-state index is 3.85. The van der Waals surface area contributed by atoms with E-state index in [2.05, 4.69) is 77.6 Å². The van der Waals surface area contributed by atoms with Crippen LogP contribution in [-0.4, -0.2) is 50.1 Å². The van der Waals surface area contributed by atoms with Crippen LogP contribution in [0.1, 0.15) is 98.3 Å². The van der Waals surface area contributed by atoms with Gasteiger partial charge in [0.1, 0.15) is 0 Å². The minimum Gasteiger partial charge on any atom is -0.309 e. The number of nitrogens with zero attached hydrogens (tertiary/aromatic N) is 2. The van der Waals surface area contributed by atoms with Gasteiger partial charge in [-0.3, -0.25) is 0 Å². The Bertz CT molecular complexity index is 557. The first-order chi connectivity index (χ1) is 15.8. The SMILES string of the molecule is [CH2-]/C=C(\C)CC/C=C(\C)CCCCN(CCCC/C(C)=C/CC/C(C)=C/[CH2-])CCCN(C)C.[Li+].[Li+]. The molecule has 0 radical (unpaired) electrons. The van der Waals surface area contributed by atoms with E-state index >= 15 is 0 Å². The van der Waals surface area contributed by atoms with E-state index in [-0.39, 0.29) is 37.7 Å². The van der Waals surface area contributed by atoms with E-state index in [1.165, 1.54) is 82.3 Å². The van der Waals surface area contributed by atoms with Crippen LogP contribution in [0.3, 0.4) is 0 Å². The molecule has 0 aromatic rings. The molecule has 0 atom stereocenters. The molecule has 0 aliphatic rings. The van der Waals surface area contributed by atoms with Gasteiger partial charge in [0.15, 0.2) is 0 Å².